The number of amides is 1. The standard InChI is InChI=1S/C15H19NO5/c1-2-20-13(17)8-15(19)10-16(11-15)14(18)21-9-12-6-4-3-5-7-12/h3-7,19H,2,8-11H2,1H3. The number of likely N-dealkylation sites (tertiary alicyclic amines) is 1. The highest BCUT2D eigenvalue weighted by molar-refractivity contribution is 5.73. The van der Waals surface area contributed by atoms with Crippen molar-refractivity contribution in [2.45, 2.75) is 25.6 Å². The topological polar surface area (TPSA) is 76.1 Å². The molecule has 0 bridgehead atoms. The molecule has 0 aliphatic carbocycles. The van der Waals surface area contributed by atoms with Crippen LogP contribution in [0.5, 0.6) is 0 Å². The van der Waals surface area contributed by atoms with Gasteiger partial charge in [0.2, 0.25) is 0 Å². The van der Waals surface area contributed by atoms with Crippen molar-refractivity contribution in [1.29, 1.82) is 0 Å². The number of aliphatic hydroxyl groups is 1. The molecular formula is C15H19NO5. The molecule has 1 fully saturated rings. The lowest BCUT2D eigenvalue weighted by Crippen LogP contribution is -2.64. The van der Waals surface area contributed by atoms with E-state index in [1.807, 2.05) is 30.3 Å². The molecule has 1 amide bonds. The van der Waals surface area contributed by atoms with Gasteiger partial charge < -0.3 is 19.5 Å². The van der Waals surface area contributed by atoms with Crippen molar-refractivity contribution in [3.8, 4) is 0 Å². The highest BCUT2D eigenvalue weighted by atomic mass is 16.6. The molecule has 21 heavy (non-hydrogen) atoms. The summed E-state index contributed by atoms with van der Waals surface area (Å²) < 4.78 is 9.92. The van der Waals surface area contributed by atoms with E-state index in [0.29, 0.717) is 0 Å². The maximum absolute atomic E-state index is 11.8. The average Bonchev–Trinajstić information content (AvgIpc) is 2.43. The molecule has 6 heteroatoms. The van der Waals surface area contributed by atoms with Gasteiger partial charge in [-0.3, -0.25) is 4.79 Å². The van der Waals surface area contributed by atoms with Crippen LogP contribution >= 0.6 is 0 Å². The summed E-state index contributed by atoms with van der Waals surface area (Å²) in [5, 5.41) is 10.1. The predicted octanol–water partition coefficient (Wildman–Crippen LogP) is 1.32. The van der Waals surface area contributed by atoms with E-state index in [4.69, 9.17) is 9.47 Å². The van der Waals surface area contributed by atoms with Crippen molar-refractivity contribution in [3.63, 3.8) is 0 Å². The summed E-state index contributed by atoms with van der Waals surface area (Å²) in [4.78, 5) is 24.5. The quantitative estimate of drug-likeness (QED) is 0.829. The first-order valence-corrected chi connectivity index (χ1v) is 6.86. The number of benzene rings is 1. The number of carbonyl (C=O) groups excluding carboxylic acids is 2. The predicted molar refractivity (Wildman–Crippen MR) is 74.4 cm³/mol. The van der Waals surface area contributed by atoms with Crippen LogP contribution in [0.4, 0.5) is 4.79 Å². The number of carbonyl (C=O) groups is 2. The lowest BCUT2D eigenvalue weighted by Gasteiger charge is -2.44. The van der Waals surface area contributed by atoms with Crippen LogP contribution in [0.15, 0.2) is 30.3 Å². The lowest BCUT2D eigenvalue weighted by atomic mass is 9.91. The molecule has 0 spiro atoms. The third-order valence-corrected chi connectivity index (χ3v) is 3.21. The van der Waals surface area contributed by atoms with Gasteiger partial charge in [0.25, 0.3) is 0 Å². The fraction of sp³-hybridized carbons (Fsp3) is 0.467. The van der Waals surface area contributed by atoms with Crippen LogP contribution in [0.2, 0.25) is 0 Å². The first-order chi connectivity index (χ1) is 10.0. The van der Waals surface area contributed by atoms with E-state index in [0.717, 1.165) is 5.56 Å². The molecule has 6 nitrogen and oxygen atoms in total. The summed E-state index contributed by atoms with van der Waals surface area (Å²) >= 11 is 0. The summed E-state index contributed by atoms with van der Waals surface area (Å²) in [7, 11) is 0. The number of β-amino-alcohol motifs (C(OH)–C–C–N with tert-alkyl or cyclic N) is 1. The van der Waals surface area contributed by atoms with Crippen LogP contribution in [0.25, 0.3) is 0 Å². The van der Waals surface area contributed by atoms with Crippen molar-refractivity contribution in [2.75, 3.05) is 19.7 Å². The van der Waals surface area contributed by atoms with Crippen LogP contribution in [-0.4, -0.2) is 47.4 Å². The summed E-state index contributed by atoms with van der Waals surface area (Å²) in [6, 6.07) is 9.34. The molecule has 1 aromatic rings. The van der Waals surface area contributed by atoms with Crippen LogP contribution in [0.3, 0.4) is 0 Å². The van der Waals surface area contributed by atoms with E-state index in [1.165, 1.54) is 4.90 Å². The van der Waals surface area contributed by atoms with E-state index in [9.17, 15) is 14.7 Å². The number of esters is 1. The van der Waals surface area contributed by atoms with Gasteiger partial charge in [-0.05, 0) is 12.5 Å². The number of hydrogen-bond donors (Lipinski definition) is 1. The van der Waals surface area contributed by atoms with Gasteiger partial charge >= 0.3 is 12.1 Å². The average molecular weight is 293 g/mol. The Morgan fingerprint density at radius 3 is 2.52 bits per heavy atom. The van der Waals surface area contributed by atoms with Crippen molar-refractivity contribution in [2.24, 2.45) is 0 Å². The SMILES string of the molecule is CCOC(=O)CC1(O)CN(C(=O)OCc2ccccc2)C1. The van der Waals surface area contributed by atoms with E-state index in [2.05, 4.69) is 0 Å². The Hall–Kier alpha value is -2.08. The molecule has 1 saturated heterocycles. The van der Waals surface area contributed by atoms with Crippen molar-refractivity contribution >= 4 is 12.1 Å². The Labute approximate surface area is 123 Å². The van der Waals surface area contributed by atoms with Crippen LogP contribution in [0.1, 0.15) is 18.9 Å². The van der Waals surface area contributed by atoms with Crippen molar-refractivity contribution in [3.05, 3.63) is 35.9 Å². The Bertz CT molecular complexity index is 496. The lowest BCUT2D eigenvalue weighted by molar-refractivity contribution is -0.157. The Balaban J connectivity index is 1.73. The summed E-state index contributed by atoms with van der Waals surface area (Å²) in [5.74, 6) is -0.461. The Kier molecular flexibility index (Phi) is 4.80. The molecular weight excluding hydrogens is 274 g/mol. The minimum Gasteiger partial charge on any atom is -0.466 e. The van der Waals surface area contributed by atoms with Gasteiger partial charge in [-0.2, -0.15) is 0 Å². The number of hydrogen-bond acceptors (Lipinski definition) is 5. The molecule has 0 atom stereocenters. The van der Waals surface area contributed by atoms with E-state index >= 15 is 0 Å². The summed E-state index contributed by atoms with van der Waals surface area (Å²) in [5.41, 5.74) is -0.300. The molecule has 114 valence electrons. The van der Waals surface area contributed by atoms with Gasteiger partial charge in [-0.25, -0.2) is 4.79 Å². The van der Waals surface area contributed by atoms with E-state index in [-0.39, 0.29) is 32.7 Å². The second-order valence-electron chi connectivity index (χ2n) is 5.10. The molecule has 0 aromatic heterocycles. The minimum absolute atomic E-state index is 0.0828. The zero-order chi connectivity index (χ0) is 15.3. The number of ether oxygens (including phenoxy) is 2. The Morgan fingerprint density at radius 1 is 1.24 bits per heavy atom. The van der Waals surface area contributed by atoms with E-state index in [1.54, 1.807) is 6.92 Å². The van der Waals surface area contributed by atoms with E-state index < -0.39 is 17.7 Å². The van der Waals surface area contributed by atoms with Gasteiger partial charge in [0.05, 0.1) is 26.1 Å². The van der Waals surface area contributed by atoms with Gasteiger partial charge in [0, 0.05) is 0 Å². The van der Waals surface area contributed by atoms with Gasteiger partial charge in [0.15, 0.2) is 0 Å². The molecule has 1 aromatic carbocycles. The Morgan fingerprint density at radius 2 is 1.90 bits per heavy atom. The highest BCUT2D eigenvalue weighted by Crippen LogP contribution is 2.25. The number of rotatable bonds is 5. The van der Waals surface area contributed by atoms with Crippen molar-refractivity contribution < 1.29 is 24.2 Å². The molecule has 2 rings (SSSR count). The molecule has 1 aliphatic heterocycles. The molecule has 1 aliphatic rings. The van der Waals surface area contributed by atoms with Gasteiger partial charge in [0.1, 0.15) is 12.2 Å². The van der Waals surface area contributed by atoms with Crippen LogP contribution < -0.4 is 0 Å². The van der Waals surface area contributed by atoms with Crippen LogP contribution in [-0.2, 0) is 20.9 Å². The maximum atomic E-state index is 11.8. The first-order valence-electron chi connectivity index (χ1n) is 6.86. The second-order valence-corrected chi connectivity index (χ2v) is 5.10. The molecule has 0 saturated carbocycles. The maximum Gasteiger partial charge on any atom is 0.410 e. The third-order valence-electron chi connectivity index (χ3n) is 3.21. The van der Waals surface area contributed by atoms with Gasteiger partial charge in [-0.15, -0.1) is 0 Å². The second kappa shape index (κ2) is 6.58. The number of nitrogens with zero attached hydrogens (tertiary/aromatic N) is 1. The smallest absolute Gasteiger partial charge is 0.410 e. The molecule has 1 heterocycles. The zero-order valence-corrected chi connectivity index (χ0v) is 11.9. The minimum atomic E-state index is -1.20. The molecule has 1 N–H and O–H groups in total. The molecule has 0 unspecified atom stereocenters. The fourth-order valence-electron chi connectivity index (χ4n) is 2.20. The molecule has 0 radical (unpaired) electrons. The summed E-state index contributed by atoms with van der Waals surface area (Å²) in [6.45, 7) is 2.33. The highest BCUT2D eigenvalue weighted by Gasteiger charge is 2.46. The largest absolute Gasteiger partial charge is 0.466 e. The fourth-order valence-corrected chi connectivity index (χ4v) is 2.20. The zero-order valence-electron chi connectivity index (χ0n) is 11.9. The third kappa shape index (κ3) is 4.19. The van der Waals surface area contributed by atoms with Crippen molar-refractivity contribution in [1.82, 2.24) is 4.90 Å². The van der Waals surface area contributed by atoms with Crippen LogP contribution in [0, 0.1) is 0 Å². The first kappa shape index (κ1) is 15.3. The monoisotopic (exact) mass is 293 g/mol. The normalized spacial score (nSPS) is 16.0. The summed E-state index contributed by atoms with van der Waals surface area (Å²) in [6.07, 6.45) is -0.601. The van der Waals surface area contributed by atoms with Gasteiger partial charge in [-0.1, -0.05) is 30.3 Å².